The molecule has 0 heterocycles. The van der Waals surface area contributed by atoms with Crippen LogP contribution in [0.4, 0.5) is 0 Å². The van der Waals surface area contributed by atoms with Gasteiger partial charge >= 0.3 is 0 Å². The van der Waals surface area contributed by atoms with Crippen LogP contribution in [0.5, 0.6) is 0 Å². The second kappa shape index (κ2) is 7.06. The molecule has 1 aromatic carbocycles. The first-order chi connectivity index (χ1) is 8.83. The number of nitrogens with one attached hydrogen (secondary N) is 1. The van der Waals surface area contributed by atoms with E-state index < -0.39 is 0 Å². The van der Waals surface area contributed by atoms with E-state index in [1.165, 1.54) is 11.1 Å². The maximum atomic E-state index is 6.12. The Morgan fingerprint density at radius 2 is 1.74 bits per heavy atom. The van der Waals surface area contributed by atoms with Crippen molar-refractivity contribution in [2.75, 3.05) is 6.54 Å². The van der Waals surface area contributed by atoms with Crippen LogP contribution in [0.15, 0.2) is 24.3 Å². The van der Waals surface area contributed by atoms with Gasteiger partial charge in [0, 0.05) is 0 Å². The molecule has 108 valence electrons. The van der Waals surface area contributed by atoms with Crippen LogP contribution in [-0.4, -0.2) is 18.2 Å². The number of aryl methyl sites for hydroxylation is 1. The monoisotopic (exact) mass is 263 g/mol. The molecule has 1 rings (SSSR count). The minimum atomic E-state index is -0.115. The molecule has 19 heavy (non-hydrogen) atoms. The van der Waals surface area contributed by atoms with Gasteiger partial charge < -0.3 is 10.1 Å². The first kappa shape index (κ1) is 16.2. The van der Waals surface area contributed by atoms with Crippen molar-refractivity contribution in [1.29, 1.82) is 0 Å². The lowest BCUT2D eigenvalue weighted by atomic mass is 10.00. The number of benzene rings is 1. The Balaban J connectivity index is 2.84. The average Bonchev–Trinajstić information content (AvgIpc) is 2.29. The van der Waals surface area contributed by atoms with Crippen molar-refractivity contribution in [2.45, 2.75) is 65.7 Å². The molecule has 0 saturated carbocycles. The van der Waals surface area contributed by atoms with Crippen molar-refractivity contribution in [1.82, 2.24) is 5.32 Å². The molecule has 0 aliphatic heterocycles. The fourth-order valence-electron chi connectivity index (χ4n) is 2.25. The molecular weight excluding hydrogens is 234 g/mol. The van der Waals surface area contributed by atoms with E-state index in [9.17, 15) is 0 Å². The second-order valence-corrected chi connectivity index (χ2v) is 6.28. The summed E-state index contributed by atoms with van der Waals surface area (Å²) < 4.78 is 6.12. The maximum absolute atomic E-state index is 6.12. The Morgan fingerprint density at radius 1 is 1.16 bits per heavy atom. The largest absolute Gasteiger partial charge is 0.371 e. The summed E-state index contributed by atoms with van der Waals surface area (Å²) in [4.78, 5) is 0. The van der Waals surface area contributed by atoms with Gasteiger partial charge in [-0.1, -0.05) is 36.8 Å². The third-order valence-corrected chi connectivity index (χ3v) is 3.06. The second-order valence-electron chi connectivity index (χ2n) is 6.28. The molecule has 1 aromatic rings. The van der Waals surface area contributed by atoms with Crippen LogP contribution in [0.2, 0.25) is 0 Å². The molecule has 2 nitrogen and oxygen atoms in total. The zero-order valence-corrected chi connectivity index (χ0v) is 13.3. The van der Waals surface area contributed by atoms with Crippen molar-refractivity contribution < 1.29 is 4.74 Å². The van der Waals surface area contributed by atoms with Gasteiger partial charge in [-0.2, -0.15) is 0 Å². The molecular formula is C17H29NO. The maximum Gasteiger partial charge on any atom is 0.0748 e. The highest BCUT2D eigenvalue weighted by Crippen LogP contribution is 2.23. The fourth-order valence-corrected chi connectivity index (χ4v) is 2.25. The number of hydrogen-bond donors (Lipinski definition) is 1. The number of hydrogen-bond acceptors (Lipinski definition) is 2. The summed E-state index contributed by atoms with van der Waals surface area (Å²) in [6.07, 6.45) is 1.28. The SMILES string of the molecule is CCCNC(c1ccc(C)cc1)C(C)OC(C)(C)C. The molecule has 0 radical (unpaired) electrons. The van der Waals surface area contributed by atoms with Gasteiger partial charge in [0.2, 0.25) is 0 Å². The lowest BCUT2D eigenvalue weighted by molar-refractivity contribution is -0.0669. The highest BCUT2D eigenvalue weighted by Gasteiger charge is 2.24. The Morgan fingerprint density at radius 3 is 2.21 bits per heavy atom. The summed E-state index contributed by atoms with van der Waals surface area (Å²) in [6, 6.07) is 8.98. The van der Waals surface area contributed by atoms with Crippen LogP contribution in [0, 0.1) is 6.92 Å². The minimum absolute atomic E-state index is 0.115. The molecule has 0 saturated heterocycles. The molecule has 0 fully saturated rings. The number of ether oxygens (including phenoxy) is 1. The molecule has 2 atom stereocenters. The van der Waals surface area contributed by atoms with E-state index in [1.54, 1.807) is 0 Å². The molecule has 1 N–H and O–H groups in total. The van der Waals surface area contributed by atoms with Crippen LogP contribution in [0.3, 0.4) is 0 Å². The third kappa shape index (κ3) is 5.75. The minimum Gasteiger partial charge on any atom is -0.371 e. The van der Waals surface area contributed by atoms with Crippen molar-refractivity contribution >= 4 is 0 Å². The highest BCUT2D eigenvalue weighted by atomic mass is 16.5. The normalized spacial score (nSPS) is 15.3. The van der Waals surface area contributed by atoms with E-state index >= 15 is 0 Å². The molecule has 0 aliphatic carbocycles. The van der Waals surface area contributed by atoms with Crippen molar-refractivity contribution in [2.24, 2.45) is 0 Å². The van der Waals surface area contributed by atoms with Crippen molar-refractivity contribution in [3.63, 3.8) is 0 Å². The third-order valence-electron chi connectivity index (χ3n) is 3.06. The zero-order valence-electron chi connectivity index (χ0n) is 13.3. The molecule has 2 heteroatoms. The van der Waals surface area contributed by atoms with Crippen LogP contribution in [-0.2, 0) is 4.74 Å². The Hall–Kier alpha value is -0.860. The lowest BCUT2D eigenvalue weighted by Crippen LogP contribution is -2.37. The first-order valence-corrected chi connectivity index (χ1v) is 7.31. The standard InChI is InChI=1S/C17H29NO/c1-7-12-18-16(14(3)19-17(4,5)6)15-10-8-13(2)9-11-15/h8-11,14,16,18H,7,12H2,1-6H3. The Labute approximate surface area is 118 Å². The highest BCUT2D eigenvalue weighted by molar-refractivity contribution is 5.25. The first-order valence-electron chi connectivity index (χ1n) is 7.31. The van der Waals surface area contributed by atoms with Crippen molar-refractivity contribution in [3.05, 3.63) is 35.4 Å². The van der Waals surface area contributed by atoms with Gasteiger partial charge in [0.15, 0.2) is 0 Å². The van der Waals surface area contributed by atoms with Crippen LogP contribution < -0.4 is 5.32 Å². The summed E-state index contributed by atoms with van der Waals surface area (Å²) in [6.45, 7) is 13.8. The van der Waals surface area contributed by atoms with Gasteiger partial charge in [-0.3, -0.25) is 0 Å². The summed E-state index contributed by atoms with van der Waals surface area (Å²) in [7, 11) is 0. The molecule has 0 amide bonds. The van der Waals surface area contributed by atoms with Gasteiger partial charge in [0.25, 0.3) is 0 Å². The van der Waals surface area contributed by atoms with Crippen LogP contribution >= 0.6 is 0 Å². The van der Waals surface area contributed by atoms with Gasteiger partial charge in [0.1, 0.15) is 0 Å². The van der Waals surface area contributed by atoms with E-state index in [0.717, 1.165) is 13.0 Å². The van der Waals surface area contributed by atoms with Crippen molar-refractivity contribution in [3.8, 4) is 0 Å². The summed E-state index contributed by atoms with van der Waals surface area (Å²) >= 11 is 0. The van der Waals surface area contributed by atoms with Gasteiger partial charge in [-0.15, -0.1) is 0 Å². The van der Waals surface area contributed by atoms with E-state index in [-0.39, 0.29) is 17.7 Å². The zero-order chi connectivity index (χ0) is 14.5. The molecule has 0 bridgehead atoms. The van der Waals surface area contributed by atoms with Crippen LogP contribution in [0.25, 0.3) is 0 Å². The van der Waals surface area contributed by atoms with E-state index in [4.69, 9.17) is 4.74 Å². The Bertz CT molecular complexity index is 364. The van der Waals surface area contributed by atoms with Crippen LogP contribution in [0.1, 0.15) is 58.2 Å². The lowest BCUT2D eigenvalue weighted by Gasteiger charge is -2.32. The summed E-state index contributed by atoms with van der Waals surface area (Å²) in [5, 5.41) is 3.60. The fraction of sp³-hybridized carbons (Fsp3) is 0.647. The molecule has 0 aliphatic rings. The predicted molar refractivity (Wildman–Crippen MR) is 82.5 cm³/mol. The van der Waals surface area contributed by atoms with Gasteiger partial charge in [-0.05, 0) is 53.1 Å². The summed E-state index contributed by atoms with van der Waals surface area (Å²) in [5.41, 5.74) is 2.48. The van der Waals surface area contributed by atoms with Gasteiger partial charge in [0.05, 0.1) is 17.7 Å². The molecule has 2 unspecified atom stereocenters. The van der Waals surface area contributed by atoms with E-state index in [2.05, 4.69) is 71.1 Å². The topological polar surface area (TPSA) is 21.3 Å². The smallest absolute Gasteiger partial charge is 0.0748 e. The van der Waals surface area contributed by atoms with E-state index in [1.807, 2.05) is 0 Å². The average molecular weight is 263 g/mol. The Kier molecular flexibility index (Phi) is 6.02. The molecule has 0 spiro atoms. The summed E-state index contributed by atoms with van der Waals surface area (Å²) in [5.74, 6) is 0. The molecule has 0 aromatic heterocycles. The quantitative estimate of drug-likeness (QED) is 0.829. The van der Waals surface area contributed by atoms with Gasteiger partial charge in [-0.25, -0.2) is 0 Å². The number of rotatable bonds is 6. The van der Waals surface area contributed by atoms with E-state index in [0.29, 0.717) is 0 Å². The predicted octanol–water partition coefficient (Wildman–Crippen LogP) is 4.24.